The van der Waals surface area contributed by atoms with Crippen molar-refractivity contribution in [2.75, 3.05) is 24.6 Å². The topological polar surface area (TPSA) is 45.1 Å². The highest BCUT2D eigenvalue weighted by atomic mass is 19.1. The van der Waals surface area contributed by atoms with Crippen LogP contribution in [0.4, 0.5) is 10.1 Å². The van der Waals surface area contributed by atoms with Crippen molar-refractivity contribution in [2.24, 2.45) is 5.16 Å². The molecule has 0 aromatic heterocycles. The van der Waals surface area contributed by atoms with E-state index in [1.165, 1.54) is 17.8 Å². The minimum atomic E-state index is -0.276. The van der Waals surface area contributed by atoms with Gasteiger partial charge in [-0.05, 0) is 69.2 Å². The van der Waals surface area contributed by atoms with Crippen molar-refractivity contribution in [1.82, 2.24) is 4.90 Å². The lowest BCUT2D eigenvalue weighted by molar-refractivity contribution is -0.117. The van der Waals surface area contributed by atoms with Gasteiger partial charge in [0, 0.05) is 37.8 Å². The van der Waals surface area contributed by atoms with Crippen molar-refractivity contribution in [3.63, 3.8) is 0 Å². The first kappa shape index (κ1) is 20.8. The van der Waals surface area contributed by atoms with Crippen molar-refractivity contribution in [3.8, 4) is 0 Å². The number of halogens is 1. The standard InChI is InChI=1S/C22H32FN3O2/c1-3-16-28-24-19-6-10-20(11-7-19)25-14-12-22(13-15-25)26(17(2)27)21-8-4-18(23)5-9-21/h4-5,8-9,20,22H,3,6-7,10-16H2,1-2H3. The molecule has 154 valence electrons. The van der Waals surface area contributed by atoms with Gasteiger partial charge in [0.2, 0.25) is 5.91 Å². The molecule has 6 heteroatoms. The van der Waals surface area contributed by atoms with E-state index < -0.39 is 0 Å². The Morgan fingerprint density at radius 1 is 1.18 bits per heavy atom. The van der Waals surface area contributed by atoms with E-state index >= 15 is 0 Å². The number of hydrogen-bond donors (Lipinski definition) is 0. The summed E-state index contributed by atoms with van der Waals surface area (Å²) in [7, 11) is 0. The van der Waals surface area contributed by atoms with E-state index in [4.69, 9.17) is 4.84 Å². The Labute approximate surface area is 167 Å². The summed E-state index contributed by atoms with van der Waals surface area (Å²) in [5, 5.41) is 4.27. The van der Waals surface area contributed by atoms with Crippen molar-refractivity contribution in [2.45, 2.75) is 70.9 Å². The smallest absolute Gasteiger partial charge is 0.224 e. The van der Waals surface area contributed by atoms with E-state index in [0.29, 0.717) is 12.6 Å². The highest BCUT2D eigenvalue weighted by Crippen LogP contribution is 2.28. The number of carbonyl (C=O) groups is 1. The lowest BCUT2D eigenvalue weighted by atomic mass is 9.90. The van der Waals surface area contributed by atoms with Gasteiger partial charge in [-0.3, -0.25) is 4.79 Å². The third-order valence-corrected chi connectivity index (χ3v) is 5.85. The maximum absolute atomic E-state index is 13.2. The molecule has 1 amide bonds. The Morgan fingerprint density at radius 3 is 2.39 bits per heavy atom. The van der Waals surface area contributed by atoms with E-state index in [-0.39, 0.29) is 17.8 Å². The average molecular weight is 390 g/mol. The molecule has 1 aromatic carbocycles. The first-order valence-corrected chi connectivity index (χ1v) is 10.6. The van der Waals surface area contributed by atoms with E-state index in [0.717, 1.165) is 63.7 Å². The quantitative estimate of drug-likeness (QED) is 0.536. The zero-order chi connectivity index (χ0) is 19.9. The summed E-state index contributed by atoms with van der Waals surface area (Å²) in [6.07, 6.45) is 7.19. The zero-order valence-electron chi connectivity index (χ0n) is 17.1. The van der Waals surface area contributed by atoms with Gasteiger partial charge >= 0.3 is 0 Å². The Balaban J connectivity index is 1.52. The van der Waals surface area contributed by atoms with Gasteiger partial charge < -0.3 is 14.6 Å². The minimum absolute atomic E-state index is 0.0238. The maximum Gasteiger partial charge on any atom is 0.224 e. The van der Waals surface area contributed by atoms with Gasteiger partial charge in [-0.15, -0.1) is 0 Å². The van der Waals surface area contributed by atoms with Gasteiger partial charge in [0.05, 0.1) is 5.71 Å². The molecule has 2 aliphatic rings. The van der Waals surface area contributed by atoms with Crippen molar-refractivity contribution in [3.05, 3.63) is 30.1 Å². The summed E-state index contributed by atoms with van der Waals surface area (Å²) in [6, 6.07) is 7.03. The molecule has 1 saturated carbocycles. The number of oxime groups is 1. The summed E-state index contributed by atoms with van der Waals surface area (Å²) < 4.78 is 13.2. The number of anilines is 1. The lowest BCUT2D eigenvalue weighted by Gasteiger charge is -2.42. The van der Waals surface area contributed by atoms with E-state index in [2.05, 4.69) is 17.0 Å². The summed E-state index contributed by atoms with van der Waals surface area (Å²) in [5.74, 6) is -0.252. The number of rotatable bonds is 6. The van der Waals surface area contributed by atoms with Crippen molar-refractivity contribution < 1.29 is 14.0 Å². The molecular formula is C22H32FN3O2. The summed E-state index contributed by atoms with van der Waals surface area (Å²) in [4.78, 5) is 22.0. The molecule has 28 heavy (non-hydrogen) atoms. The Hall–Kier alpha value is -1.95. The lowest BCUT2D eigenvalue weighted by Crippen LogP contribution is -2.50. The van der Waals surface area contributed by atoms with Gasteiger partial charge in [0.15, 0.2) is 0 Å². The van der Waals surface area contributed by atoms with Crippen LogP contribution in [0.25, 0.3) is 0 Å². The van der Waals surface area contributed by atoms with Crippen LogP contribution >= 0.6 is 0 Å². The van der Waals surface area contributed by atoms with Crippen LogP contribution in [0, 0.1) is 5.82 Å². The Kier molecular flexibility index (Phi) is 7.43. The van der Waals surface area contributed by atoms with Gasteiger partial charge in [0.25, 0.3) is 0 Å². The van der Waals surface area contributed by atoms with Crippen LogP contribution in [-0.4, -0.2) is 48.3 Å². The van der Waals surface area contributed by atoms with Crippen molar-refractivity contribution >= 4 is 17.3 Å². The van der Waals surface area contributed by atoms with E-state index in [9.17, 15) is 9.18 Å². The molecule has 1 aliphatic carbocycles. The molecular weight excluding hydrogens is 357 g/mol. The Morgan fingerprint density at radius 2 is 1.82 bits per heavy atom. The number of piperidine rings is 1. The van der Waals surface area contributed by atoms with Gasteiger partial charge in [-0.2, -0.15) is 0 Å². The molecule has 0 bridgehead atoms. The first-order chi connectivity index (χ1) is 13.6. The molecule has 3 rings (SSSR count). The summed E-state index contributed by atoms with van der Waals surface area (Å²) in [6.45, 7) is 6.38. The average Bonchev–Trinajstić information content (AvgIpc) is 2.71. The molecule has 2 fully saturated rings. The largest absolute Gasteiger partial charge is 0.396 e. The highest BCUT2D eigenvalue weighted by molar-refractivity contribution is 5.92. The third-order valence-electron chi connectivity index (χ3n) is 5.85. The van der Waals surface area contributed by atoms with Crippen molar-refractivity contribution in [1.29, 1.82) is 0 Å². The maximum atomic E-state index is 13.2. The minimum Gasteiger partial charge on any atom is -0.396 e. The number of benzene rings is 1. The van der Waals surface area contributed by atoms with Crippen LogP contribution in [0.1, 0.15) is 58.8 Å². The number of carbonyl (C=O) groups excluding carboxylic acids is 1. The van der Waals surface area contributed by atoms with E-state index in [1.54, 1.807) is 19.1 Å². The predicted octanol–water partition coefficient (Wildman–Crippen LogP) is 4.37. The zero-order valence-corrected chi connectivity index (χ0v) is 17.1. The van der Waals surface area contributed by atoms with Gasteiger partial charge in [-0.25, -0.2) is 4.39 Å². The van der Waals surface area contributed by atoms with E-state index in [1.807, 2.05) is 4.90 Å². The van der Waals surface area contributed by atoms with Crippen LogP contribution in [0.3, 0.4) is 0 Å². The molecule has 5 nitrogen and oxygen atoms in total. The molecule has 0 atom stereocenters. The second-order valence-electron chi connectivity index (χ2n) is 7.85. The summed E-state index contributed by atoms with van der Waals surface area (Å²) in [5.41, 5.74) is 1.98. The number of nitrogens with zero attached hydrogens (tertiary/aromatic N) is 3. The van der Waals surface area contributed by atoms with Crippen LogP contribution < -0.4 is 4.90 Å². The molecule has 1 heterocycles. The molecule has 0 unspecified atom stereocenters. The van der Waals surface area contributed by atoms with Crippen LogP contribution in [0.5, 0.6) is 0 Å². The molecule has 1 saturated heterocycles. The summed E-state index contributed by atoms with van der Waals surface area (Å²) >= 11 is 0. The fourth-order valence-corrected chi connectivity index (χ4v) is 4.38. The van der Waals surface area contributed by atoms with Gasteiger partial charge in [-0.1, -0.05) is 12.1 Å². The SMILES string of the molecule is CCCON=C1CCC(N2CCC(N(C(C)=O)c3ccc(F)cc3)CC2)CC1. The second kappa shape index (κ2) is 10.0. The number of likely N-dealkylation sites (tertiary alicyclic amines) is 1. The molecule has 1 aromatic rings. The van der Waals surface area contributed by atoms with Crippen LogP contribution in [0.15, 0.2) is 29.4 Å². The molecule has 0 spiro atoms. The normalized spacial score (nSPS) is 21.4. The monoisotopic (exact) mass is 389 g/mol. The first-order valence-electron chi connectivity index (χ1n) is 10.6. The number of hydrogen-bond acceptors (Lipinski definition) is 4. The van der Waals surface area contributed by atoms with Crippen LogP contribution in [0.2, 0.25) is 0 Å². The number of amides is 1. The fraction of sp³-hybridized carbons (Fsp3) is 0.636. The molecule has 0 N–H and O–H groups in total. The molecule has 1 aliphatic heterocycles. The molecule has 0 radical (unpaired) electrons. The van der Waals surface area contributed by atoms with Crippen LogP contribution in [-0.2, 0) is 9.63 Å². The highest BCUT2D eigenvalue weighted by Gasteiger charge is 2.31. The fourth-order valence-electron chi connectivity index (χ4n) is 4.38. The third kappa shape index (κ3) is 5.31. The second-order valence-corrected chi connectivity index (χ2v) is 7.85. The predicted molar refractivity (Wildman–Crippen MR) is 110 cm³/mol. The van der Waals surface area contributed by atoms with Gasteiger partial charge in [0.1, 0.15) is 12.4 Å². The Bertz CT molecular complexity index is 659.